The topological polar surface area (TPSA) is 52.7 Å². The minimum atomic E-state index is -0.104. The number of halogens is 1. The zero-order chi connectivity index (χ0) is 18.7. The third-order valence-electron chi connectivity index (χ3n) is 4.61. The van der Waals surface area contributed by atoms with Gasteiger partial charge in [0.1, 0.15) is 0 Å². The molecule has 0 bridgehead atoms. The van der Waals surface area contributed by atoms with Gasteiger partial charge in [0.25, 0.3) is 0 Å². The Kier molecular flexibility index (Phi) is 5.47. The van der Waals surface area contributed by atoms with E-state index in [0.717, 1.165) is 30.0 Å². The van der Waals surface area contributed by atoms with Gasteiger partial charge in [0.2, 0.25) is 0 Å². The van der Waals surface area contributed by atoms with E-state index in [4.69, 9.17) is 11.6 Å². The van der Waals surface area contributed by atoms with Gasteiger partial charge in [-0.1, -0.05) is 23.7 Å². The SMILES string of the molecule is CC(=O)c1cccc(N2CCN(C(=O)Nc3ccc(Cl)cc3C)CC2)c1. The molecule has 1 N–H and O–H groups in total. The molecule has 1 saturated heterocycles. The first-order chi connectivity index (χ1) is 12.4. The van der Waals surface area contributed by atoms with Crippen LogP contribution in [-0.2, 0) is 0 Å². The largest absolute Gasteiger partial charge is 0.368 e. The number of rotatable bonds is 3. The molecule has 136 valence electrons. The second-order valence-corrected chi connectivity index (χ2v) is 6.91. The number of nitrogens with one attached hydrogen (secondary N) is 1. The Morgan fingerprint density at radius 2 is 1.77 bits per heavy atom. The maximum absolute atomic E-state index is 12.5. The van der Waals surface area contributed by atoms with Gasteiger partial charge in [0.15, 0.2) is 5.78 Å². The molecule has 5 nitrogen and oxygen atoms in total. The Hall–Kier alpha value is -2.53. The van der Waals surface area contributed by atoms with E-state index in [1.165, 1.54) is 0 Å². The molecule has 0 saturated carbocycles. The third kappa shape index (κ3) is 4.17. The summed E-state index contributed by atoms with van der Waals surface area (Å²) in [4.78, 5) is 28.1. The number of aryl methyl sites for hydroxylation is 1. The van der Waals surface area contributed by atoms with E-state index in [9.17, 15) is 9.59 Å². The number of amides is 2. The van der Waals surface area contributed by atoms with Gasteiger partial charge in [-0.05, 0) is 49.7 Å². The number of urea groups is 1. The van der Waals surface area contributed by atoms with Gasteiger partial charge in [-0.25, -0.2) is 4.79 Å². The fourth-order valence-corrected chi connectivity index (χ4v) is 3.28. The lowest BCUT2D eigenvalue weighted by molar-refractivity contribution is 0.101. The van der Waals surface area contributed by atoms with Crippen molar-refractivity contribution in [1.29, 1.82) is 0 Å². The van der Waals surface area contributed by atoms with Crippen LogP contribution in [0.4, 0.5) is 16.2 Å². The molecule has 26 heavy (non-hydrogen) atoms. The standard InChI is InChI=1S/C20H22ClN3O2/c1-14-12-17(21)6-7-19(14)22-20(26)24-10-8-23(9-11-24)18-5-3-4-16(13-18)15(2)25/h3-7,12-13H,8-11H2,1-2H3,(H,22,26). The van der Waals surface area contributed by atoms with Crippen molar-refractivity contribution in [2.45, 2.75) is 13.8 Å². The Balaban J connectivity index is 1.60. The zero-order valence-corrected chi connectivity index (χ0v) is 15.7. The fraction of sp³-hybridized carbons (Fsp3) is 0.300. The molecular formula is C20H22ClN3O2. The van der Waals surface area contributed by atoms with Gasteiger partial charge in [0, 0.05) is 48.1 Å². The smallest absolute Gasteiger partial charge is 0.321 e. The summed E-state index contributed by atoms with van der Waals surface area (Å²) in [6.45, 7) is 6.20. The van der Waals surface area contributed by atoms with Crippen LogP contribution in [0.5, 0.6) is 0 Å². The minimum absolute atomic E-state index is 0.0585. The molecule has 2 amide bonds. The summed E-state index contributed by atoms with van der Waals surface area (Å²) in [5.74, 6) is 0.0585. The van der Waals surface area contributed by atoms with Gasteiger partial charge in [-0.15, -0.1) is 0 Å². The van der Waals surface area contributed by atoms with E-state index < -0.39 is 0 Å². The molecule has 1 aliphatic heterocycles. The summed E-state index contributed by atoms with van der Waals surface area (Å²) in [7, 11) is 0. The number of carbonyl (C=O) groups excluding carboxylic acids is 2. The average molecular weight is 372 g/mol. The lowest BCUT2D eigenvalue weighted by atomic mass is 10.1. The summed E-state index contributed by atoms with van der Waals surface area (Å²) in [5, 5.41) is 3.61. The molecule has 1 heterocycles. The second-order valence-electron chi connectivity index (χ2n) is 6.47. The summed E-state index contributed by atoms with van der Waals surface area (Å²) in [6, 6.07) is 12.9. The Bertz CT molecular complexity index is 830. The molecule has 0 aliphatic carbocycles. The van der Waals surface area contributed by atoms with Crippen molar-refractivity contribution < 1.29 is 9.59 Å². The van der Waals surface area contributed by atoms with Crippen LogP contribution >= 0.6 is 11.6 Å². The molecule has 0 aromatic heterocycles. The minimum Gasteiger partial charge on any atom is -0.368 e. The molecular weight excluding hydrogens is 350 g/mol. The molecule has 0 spiro atoms. The van der Waals surface area contributed by atoms with Crippen molar-refractivity contribution in [3.05, 3.63) is 58.6 Å². The maximum Gasteiger partial charge on any atom is 0.321 e. The number of ketones is 1. The van der Waals surface area contributed by atoms with Crippen LogP contribution in [0.3, 0.4) is 0 Å². The molecule has 2 aromatic rings. The maximum atomic E-state index is 12.5. The molecule has 0 atom stereocenters. The van der Waals surface area contributed by atoms with E-state index >= 15 is 0 Å². The first-order valence-electron chi connectivity index (χ1n) is 8.62. The molecule has 6 heteroatoms. The van der Waals surface area contributed by atoms with Gasteiger partial charge < -0.3 is 15.1 Å². The van der Waals surface area contributed by atoms with E-state index in [1.54, 1.807) is 17.9 Å². The quantitative estimate of drug-likeness (QED) is 0.822. The molecule has 1 aliphatic rings. The van der Waals surface area contributed by atoms with Crippen LogP contribution in [0.1, 0.15) is 22.8 Å². The lowest BCUT2D eigenvalue weighted by Gasteiger charge is -2.36. The molecule has 0 radical (unpaired) electrons. The highest BCUT2D eigenvalue weighted by atomic mass is 35.5. The highest BCUT2D eigenvalue weighted by Crippen LogP contribution is 2.21. The predicted octanol–water partition coefficient (Wildman–Crippen LogP) is 4.21. The van der Waals surface area contributed by atoms with Gasteiger partial charge in [0.05, 0.1) is 0 Å². The van der Waals surface area contributed by atoms with E-state index in [-0.39, 0.29) is 11.8 Å². The fourth-order valence-electron chi connectivity index (χ4n) is 3.05. The zero-order valence-electron chi connectivity index (χ0n) is 15.0. The lowest BCUT2D eigenvalue weighted by Crippen LogP contribution is -2.50. The van der Waals surface area contributed by atoms with Crippen molar-refractivity contribution >= 4 is 34.8 Å². The number of carbonyl (C=O) groups is 2. The first-order valence-corrected chi connectivity index (χ1v) is 9.00. The van der Waals surface area contributed by atoms with E-state index in [1.807, 2.05) is 43.3 Å². The van der Waals surface area contributed by atoms with Gasteiger partial charge in [-0.2, -0.15) is 0 Å². The monoisotopic (exact) mass is 371 g/mol. The Morgan fingerprint density at radius 3 is 2.42 bits per heavy atom. The number of anilines is 2. The molecule has 1 fully saturated rings. The third-order valence-corrected chi connectivity index (χ3v) is 4.85. The Morgan fingerprint density at radius 1 is 1.04 bits per heavy atom. The number of Topliss-reactive ketones (excluding diaryl/α,β-unsaturated/α-hetero) is 1. The van der Waals surface area contributed by atoms with Crippen molar-refractivity contribution in [1.82, 2.24) is 4.90 Å². The summed E-state index contributed by atoms with van der Waals surface area (Å²) in [6.07, 6.45) is 0. The number of piperazine rings is 1. The number of hydrogen-bond acceptors (Lipinski definition) is 3. The van der Waals surface area contributed by atoms with Gasteiger partial charge >= 0.3 is 6.03 Å². The van der Waals surface area contributed by atoms with Crippen LogP contribution in [0, 0.1) is 6.92 Å². The highest BCUT2D eigenvalue weighted by molar-refractivity contribution is 6.30. The molecule has 3 rings (SSSR count). The molecule has 0 unspecified atom stereocenters. The van der Waals surface area contributed by atoms with Crippen LogP contribution in [0.25, 0.3) is 0 Å². The van der Waals surface area contributed by atoms with Crippen molar-refractivity contribution in [2.75, 3.05) is 36.4 Å². The summed E-state index contributed by atoms with van der Waals surface area (Å²) < 4.78 is 0. The normalized spacial score (nSPS) is 14.3. The van der Waals surface area contributed by atoms with Crippen LogP contribution < -0.4 is 10.2 Å². The number of benzene rings is 2. The second kappa shape index (κ2) is 7.79. The van der Waals surface area contributed by atoms with Crippen molar-refractivity contribution in [3.63, 3.8) is 0 Å². The van der Waals surface area contributed by atoms with Crippen LogP contribution in [-0.4, -0.2) is 42.9 Å². The highest BCUT2D eigenvalue weighted by Gasteiger charge is 2.22. The number of nitrogens with zero attached hydrogens (tertiary/aromatic N) is 2. The summed E-state index contributed by atoms with van der Waals surface area (Å²) >= 11 is 5.96. The first kappa shape index (κ1) is 18.3. The van der Waals surface area contributed by atoms with Crippen LogP contribution in [0.2, 0.25) is 5.02 Å². The Labute approximate surface area is 158 Å². The van der Waals surface area contributed by atoms with Crippen molar-refractivity contribution in [2.24, 2.45) is 0 Å². The van der Waals surface area contributed by atoms with Gasteiger partial charge in [-0.3, -0.25) is 4.79 Å². The van der Waals surface area contributed by atoms with Crippen LogP contribution in [0.15, 0.2) is 42.5 Å². The molecule has 2 aromatic carbocycles. The predicted molar refractivity (Wildman–Crippen MR) is 105 cm³/mol. The van der Waals surface area contributed by atoms with E-state index in [2.05, 4.69) is 10.2 Å². The summed E-state index contributed by atoms with van der Waals surface area (Å²) in [5.41, 5.74) is 3.44. The average Bonchev–Trinajstić information content (AvgIpc) is 2.64. The van der Waals surface area contributed by atoms with Crippen molar-refractivity contribution in [3.8, 4) is 0 Å². The van der Waals surface area contributed by atoms with E-state index in [0.29, 0.717) is 23.7 Å². The number of hydrogen-bond donors (Lipinski definition) is 1.